The van der Waals surface area contributed by atoms with E-state index in [9.17, 15) is 4.79 Å². The molecule has 0 spiro atoms. The van der Waals surface area contributed by atoms with Crippen molar-refractivity contribution in [1.82, 2.24) is 5.32 Å². The fourth-order valence-electron chi connectivity index (χ4n) is 2.80. The van der Waals surface area contributed by atoms with Gasteiger partial charge >= 0.3 is 0 Å². The molecule has 0 bridgehead atoms. The molecule has 0 aromatic heterocycles. The number of hydrogen-bond acceptors (Lipinski definition) is 2. The van der Waals surface area contributed by atoms with Crippen LogP contribution in [0.5, 0.6) is 0 Å². The van der Waals surface area contributed by atoms with Crippen molar-refractivity contribution in [1.29, 1.82) is 0 Å². The Morgan fingerprint density at radius 2 is 2.22 bits per heavy atom. The summed E-state index contributed by atoms with van der Waals surface area (Å²) in [4.78, 5) is 12.3. The van der Waals surface area contributed by atoms with E-state index in [0.29, 0.717) is 10.9 Å². The summed E-state index contributed by atoms with van der Waals surface area (Å²) in [6.45, 7) is 5.12. The van der Waals surface area contributed by atoms with E-state index in [2.05, 4.69) is 12.2 Å². The van der Waals surface area contributed by atoms with E-state index in [1.807, 2.05) is 6.92 Å². The Labute approximate surface area is 116 Å². The van der Waals surface area contributed by atoms with Crippen LogP contribution in [0.2, 0.25) is 0 Å². The fraction of sp³-hybridized carbons (Fsp3) is 0.857. The molecule has 0 heterocycles. The molecule has 3 nitrogen and oxygen atoms in total. The summed E-state index contributed by atoms with van der Waals surface area (Å²) in [5.41, 5.74) is 5.63. The minimum absolute atomic E-state index is 0.0163. The minimum Gasteiger partial charge on any atom is -0.393 e. The Hall–Kier alpha value is -0.640. The van der Waals surface area contributed by atoms with Gasteiger partial charge in [-0.3, -0.25) is 4.79 Å². The lowest BCUT2D eigenvalue weighted by Crippen LogP contribution is -2.40. The third-order valence-electron chi connectivity index (χ3n) is 3.85. The molecule has 0 saturated heterocycles. The van der Waals surface area contributed by atoms with Crippen LogP contribution in [-0.4, -0.2) is 17.4 Å². The fourth-order valence-corrected chi connectivity index (χ4v) is 3.03. The number of hydrogen-bond donors (Lipinski definition) is 2. The van der Waals surface area contributed by atoms with Crippen molar-refractivity contribution in [3.8, 4) is 0 Å². The van der Waals surface area contributed by atoms with Gasteiger partial charge in [-0.1, -0.05) is 45.3 Å². The van der Waals surface area contributed by atoms with Gasteiger partial charge < -0.3 is 11.1 Å². The van der Waals surface area contributed by atoms with Crippen LogP contribution in [0.25, 0.3) is 0 Å². The van der Waals surface area contributed by atoms with Crippen LogP contribution in [0.4, 0.5) is 0 Å². The molecule has 0 aliphatic heterocycles. The molecular weight excluding hydrogens is 244 g/mol. The standard InChI is InChI=1S/C14H26N2OS/c1-3-5-12(13(15)18)14(17)16-9-11-7-4-6-10(2)8-11/h10-12H,3-9H2,1-2H3,(H2,15,18)(H,16,17). The predicted molar refractivity (Wildman–Crippen MR) is 79.3 cm³/mol. The normalized spacial score (nSPS) is 25.4. The highest BCUT2D eigenvalue weighted by Gasteiger charge is 2.23. The Kier molecular flexibility index (Phi) is 6.61. The SMILES string of the molecule is CCCC(C(=O)NCC1CCCC(C)C1)C(N)=S. The summed E-state index contributed by atoms with van der Waals surface area (Å²) >= 11 is 4.97. The van der Waals surface area contributed by atoms with E-state index >= 15 is 0 Å². The summed E-state index contributed by atoms with van der Waals surface area (Å²) in [6.07, 6.45) is 6.76. The molecule has 3 unspecified atom stereocenters. The summed E-state index contributed by atoms with van der Waals surface area (Å²) in [6, 6.07) is 0. The van der Waals surface area contributed by atoms with Crippen LogP contribution >= 0.6 is 12.2 Å². The zero-order chi connectivity index (χ0) is 13.5. The van der Waals surface area contributed by atoms with Crippen molar-refractivity contribution >= 4 is 23.1 Å². The van der Waals surface area contributed by atoms with Crippen LogP contribution in [0, 0.1) is 17.8 Å². The molecule has 1 saturated carbocycles. The first-order valence-electron chi connectivity index (χ1n) is 7.11. The number of carbonyl (C=O) groups is 1. The lowest BCUT2D eigenvalue weighted by molar-refractivity contribution is -0.123. The van der Waals surface area contributed by atoms with Gasteiger partial charge in [-0.25, -0.2) is 0 Å². The quantitative estimate of drug-likeness (QED) is 0.730. The van der Waals surface area contributed by atoms with E-state index < -0.39 is 0 Å². The summed E-state index contributed by atoms with van der Waals surface area (Å²) in [7, 11) is 0. The first-order valence-corrected chi connectivity index (χ1v) is 7.52. The molecule has 4 heteroatoms. The second-order valence-electron chi connectivity index (χ2n) is 5.63. The minimum atomic E-state index is -0.286. The van der Waals surface area contributed by atoms with Crippen LogP contribution < -0.4 is 11.1 Å². The van der Waals surface area contributed by atoms with Crippen molar-refractivity contribution in [3.05, 3.63) is 0 Å². The van der Waals surface area contributed by atoms with Gasteiger partial charge in [0, 0.05) is 6.54 Å². The first-order chi connectivity index (χ1) is 8.54. The second kappa shape index (κ2) is 7.72. The number of nitrogens with two attached hydrogens (primary N) is 1. The third-order valence-corrected chi connectivity index (χ3v) is 4.13. The highest BCUT2D eigenvalue weighted by Crippen LogP contribution is 2.27. The zero-order valence-corrected chi connectivity index (χ0v) is 12.4. The summed E-state index contributed by atoms with van der Waals surface area (Å²) in [5.74, 6) is 1.16. The Morgan fingerprint density at radius 1 is 1.50 bits per heavy atom. The Balaban J connectivity index is 2.36. The van der Waals surface area contributed by atoms with Gasteiger partial charge in [0.05, 0.1) is 10.9 Å². The number of amides is 1. The van der Waals surface area contributed by atoms with Crippen molar-refractivity contribution in [3.63, 3.8) is 0 Å². The number of thiocarbonyl (C=S) groups is 1. The molecule has 1 aliphatic rings. The lowest BCUT2D eigenvalue weighted by Gasteiger charge is -2.27. The molecule has 0 aromatic rings. The summed E-state index contributed by atoms with van der Waals surface area (Å²) in [5, 5.41) is 3.03. The number of rotatable bonds is 6. The van der Waals surface area contributed by atoms with E-state index in [1.54, 1.807) is 0 Å². The average Bonchev–Trinajstić information content (AvgIpc) is 2.32. The molecule has 1 aliphatic carbocycles. The van der Waals surface area contributed by atoms with Crippen LogP contribution in [0.15, 0.2) is 0 Å². The molecule has 18 heavy (non-hydrogen) atoms. The third kappa shape index (κ3) is 4.92. The van der Waals surface area contributed by atoms with E-state index in [4.69, 9.17) is 18.0 Å². The van der Waals surface area contributed by atoms with Gasteiger partial charge in [0.15, 0.2) is 0 Å². The van der Waals surface area contributed by atoms with E-state index in [-0.39, 0.29) is 11.8 Å². The van der Waals surface area contributed by atoms with Gasteiger partial charge in [-0.05, 0) is 31.1 Å². The maximum atomic E-state index is 12.0. The molecule has 0 radical (unpaired) electrons. The van der Waals surface area contributed by atoms with Crippen LogP contribution in [-0.2, 0) is 4.79 Å². The molecule has 3 atom stereocenters. The van der Waals surface area contributed by atoms with E-state index in [1.165, 1.54) is 25.7 Å². The Morgan fingerprint density at radius 3 is 2.78 bits per heavy atom. The largest absolute Gasteiger partial charge is 0.393 e. The smallest absolute Gasteiger partial charge is 0.229 e. The zero-order valence-electron chi connectivity index (χ0n) is 11.6. The van der Waals surface area contributed by atoms with Gasteiger partial charge in [0.2, 0.25) is 5.91 Å². The molecule has 0 aromatic carbocycles. The van der Waals surface area contributed by atoms with Crippen molar-refractivity contribution < 1.29 is 4.79 Å². The van der Waals surface area contributed by atoms with Gasteiger partial charge in [0.1, 0.15) is 0 Å². The number of nitrogens with one attached hydrogen (secondary N) is 1. The maximum absolute atomic E-state index is 12.0. The highest BCUT2D eigenvalue weighted by atomic mass is 32.1. The van der Waals surface area contributed by atoms with Crippen molar-refractivity contribution in [2.45, 2.75) is 52.4 Å². The van der Waals surface area contributed by atoms with Gasteiger partial charge in [-0.2, -0.15) is 0 Å². The van der Waals surface area contributed by atoms with E-state index in [0.717, 1.165) is 25.3 Å². The van der Waals surface area contributed by atoms with Crippen LogP contribution in [0.3, 0.4) is 0 Å². The van der Waals surface area contributed by atoms with Gasteiger partial charge in [0.25, 0.3) is 0 Å². The Bertz CT molecular complexity index is 294. The second-order valence-corrected chi connectivity index (χ2v) is 6.10. The lowest BCUT2D eigenvalue weighted by atomic mass is 9.82. The summed E-state index contributed by atoms with van der Waals surface area (Å²) < 4.78 is 0. The first kappa shape index (κ1) is 15.4. The maximum Gasteiger partial charge on any atom is 0.229 e. The van der Waals surface area contributed by atoms with Crippen LogP contribution in [0.1, 0.15) is 52.4 Å². The predicted octanol–water partition coefficient (Wildman–Crippen LogP) is 2.63. The topological polar surface area (TPSA) is 55.1 Å². The van der Waals surface area contributed by atoms with Crippen molar-refractivity contribution in [2.75, 3.05) is 6.54 Å². The molecular formula is C14H26N2OS. The highest BCUT2D eigenvalue weighted by molar-refractivity contribution is 7.80. The number of carbonyl (C=O) groups excluding carboxylic acids is 1. The molecule has 1 amide bonds. The van der Waals surface area contributed by atoms with Gasteiger partial charge in [-0.15, -0.1) is 0 Å². The molecule has 1 rings (SSSR count). The average molecular weight is 270 g/mol. The molecule has 104 valence electrons. The monoisotopic (exact) mass is 270 g/mol. The van der Waals surface area contributed by atoms with Crippen molar-refractivity contribution in [2.24, 2.45) is 23.5 Å². The molecule has 3 N–H and O–H groups in total. The molecule has 1 fully saturated rings.